The van der Waals surface area contributed by atoms with Gasteiger partial charge in [-0.3, -0.25) is 9.48 Å². The highest BCUT2D eigenvalue weighted by atomic mass is 16.1. The maximum Gasteiger partial charge on any atom is 0.250 e. The van der Waals surface area contributed by atoms with Crippen molar-refractivity contribution < 1.29 is 4.79 Å². The Hall–Kier alpha value is -2.40. The maximum absolute atomic E-state index is 11.6. The molecule has 0 bridgehead atoms. The van der Waals surface area contributed by atoms with Crippen LogP contribution in [0.4, 0.5) is 0 Å². The van der Waals surface area contributed by atoms with Crippen molar-refractivity contribution in [1.29, 1.82) is 0 Å². The Morgan fingerprint density at radius 2 is 2.29 bits per heavy atom. The van der Waals surface area contributed by atoms with Gasteiger partial charge in [-0.2, -0.15) is 5.10 Å². The monoisotopic (exact) mass is 322 g/mol. The number of nitrogens with one attached hydrogen (secondary N) is 1. The van der Waals surface area contributed by atoms with Gasteiger partial charge < -0.3 is 11.1 Å². The lowest BCUT2D eigenvalue weighted by molar-refractivity contribution is 0.100. The number of rotatable bonds is 3. The summed E-state index contributed by atoms with van der Waals surface area (Å²) in [5.41, 5.74) is 8.06. The first kappa shape index (κ1) is 15.1. The summed E-state index contributed by atoms with van der Waals surface area (Å²) in [5.74, 6) is 0.200. The van der Waals surface area contributed by atoms with Crippen molar-refractivity contribution in [1.82, 2.24) is 15.1 Å². The zero-order chi connectivity index (χ0) is 16.5. The lowest BCUT2D eigenvalue weighted by Crippen LogP contribution is -2.30. The van der Waals surface area contributed by atoms with Crippen molar-refractivity contribution in [3.8, 4) is 0 Å². The van der Waals surface area contributed by atoms with Crippen LogP contribution in [0.15, 0.2) is 48.2 Å². The standard InChI is InChI=1S/C19H22N4O/c20-19(24)17-5-1-3-15-12-23(22-18(15)17)16-8-6-13(7-9-16)14-4-2-10-21-11-14/h1,3,5-8,12,14,16,21H,2,4,9-11H2,(H2,20,24)/t14-,16?/m1/s1. The maximum atomic E-state index is 11.6. The van der Waals surface area contributed by atoms with E-state index in [1.165, 1.54) is 18.4 Å². The molecule has 2 atom stereocenters. The summed E-state index contributed by atoms with van der Waals surface area (Å²) in [6.45, 7) is 2.21. The van der Waals surface area contributed by atoms with Gasteiger partial charge in [0.25, 0.3) is 5.91 Å². The molecule has 5 heteroatoms. The Balaban J connectivity index is 1.56. The molecule has 24 heavy (non-hydrogen) atoms. The minimum atomic E-state index is -0.433. The Labute approximate surface area is 141 Å². The van der Waals surface area contributed by atoms with Crippen molar-refractivity contribution in [2.45, 2.75) is 25.3 Å². The van der Waals surface area contributed by atoms with Crippen molar-refractivity contribution in [3.63, 3.8) is 0 Å². The molecule has 2 aliphatic rings. The number of primary amides is 1. The number of carbonyl (C=O) groups excluding carboxylic acids is 1. The minimum Gasteiger partial charge on any atom is -0.366 e. The van der Waals surface area contributed by atoms with E-state index in [1.807, 2.05) is 23.0 Å². The van der Waals surface area contributed by atoms with E-state index < -0.39 is 5.91 Å². The van der Waals surface area contributed by atoms with E-state index in [-0.39, 0.29) is 6.04 Å². The Morgan fingerprint density at radius 3 is 3.00 bits per heavy atom. The molecule has 2 aromatic rings. The molecular weight excluding hydrogens is 300 g/mol. The summed E-state index contributed by atoms with van der Waals surface area (Å²) < 4.78 is 1.94. The fourth-order valence-electron chi connectivity index (χ4n) is 3.69. The normalized spacial score (nSPS) is 24.1. The predicted molar refractivity (Wildman–Crippen MR) is 94.7 cm³/mol. The lowest BCUT2D eigenvalue weighted by Gasteiger charge is -2.26. The SMILES string of the molecule is NC(=O)c1cccc2cn(C3C=CC([C@@H]4CCCNC4)=CC3)nc12. The fourth-order valence-corrected chi connectivity index (χ4v) is 3.69. The summed E-state index contributed by atoms with van der Waals surface area (Å²) in [6, 6.07) is 5.73. The second-order valence-corrected chi connectivity index (χ2v) is 6.63. The number of hydrogen-bond acceptors (Lipinski definition) is 3. The predicted octanol–water partition coefficient (Wildman–Crippen LogP) is 2.56. The van der Waals surface area contributed by atoms with Gasteiger partial charge in [-0.25, -0.2) is 0 Å². The quantitative estimate of drug-likeness (QED) is 0.912. The number of piperidine rings is 1. The van der Waals surface area contributed by atoms with Crippen LogP contribution >= 0.6 is 0 Å². The average molecular weight is 322 g/mol. The third kappa shape index (κ3) is 2.76. The van der Waals surface area contributed by atoms with Crippen LogP contribution in [0.5, 0.6) is 0 Å². The number of benzene rings is 1. The van der Waals surface area contributed by atoms with Crippen molar-refractivity contribution in [2.75, 3.05) is 13.1 Å². The largest absolute Gasteiger partial charge is 0.366 e. The van der Waals surface area contributed by atoms with E-state index in [1.54, 1.807) is 6.07 Å². The highest BCUT2D eigenvalue weighted by Crippen LogP contribution is 2.29. The molecule has 1 aromatic carbocycles. The van der Waals surface area contributed by atoms with Crippen LogP contribution in [-0.4, -0.2) is 28.8 Å². The number of nitrogens with zero attached hydrogens (tertiary/aromatic N) is 2. The number of fused-ring (bicyclic) bond motifs is 1. The van der Waals surface area contributed by atoms with E-state index in [2.05, 4.69) is 28.6 Å². The molecule has 3 N–H and O–H groups in total. The molecule has 2 heterocycles. The second kappa shape index (κ2) is 6.24. The molecule has 4 rings (SSSR count). The van der Waals surface area contributed by atoms with E-state index in [4.69, 9.17) is 5.73 Å². The smallest absolute Gasteiger partial charge is 0.250 e. The molecule has 1 unspecified atom stereocenters. The van der Waals surface area contributed by atoms with Gasteiger partial charge >= 0.3 is 0 Å². The molecule has 0 spiro atoms. The number of aromatic nitrogens is 2. The van der Waals surface area contributed by atoms with Crippen LogP contribution in [0, 0.1) is 5.92 Å². The molecule has 5 nitrogen and oxygen atoms in total. The topological polar surface area (TPSA) is 72.9 Å². The zero-order valence-electron chi connectivity index (χ0n) is 13.6. The van der Waals surface area contributed by atoms with Gasteiger partial charge in [-0.15, -0.1) is 0 Å². The molecular formula is C19H22N4O. The van der Waals surface area contributed by atoms with E-state index in [9.17, 15) is 4.79 Å². The van der Waals surface area contributed by atoms with Crippen molar-refractivity contribution >= 4 is 16.8 Å². The van der Waals surface area contributed by atoms with Crippen LogP contribution in [0.2, 0.25) is 0 Å². The molecule has 0 radical (unpaired) electrons. The van der Waals surface area contributed by atoms with Crippen LogP contribution < -0.4 is 11.1 Å². The summed E-state index contributed by atoms with van der Waals surface area (Å²) in [5, 5.41) is 9.04. The van der Waals surface area contributed by atoms with Crippen LogP contribution in [0.1, 0.15) is 35.7 Å². The third-order valence-corrected chi connectivity index (χ3v) is 5.03. The number of amides is 1. The molecule has 124 valence electrons. The molecule has 1 aliphatic heterocycles. The molecule has 1 aliphatic carbocycles. The van der Waals surface area contributed by atoms with E-state index in [0.717, 1.165) is 24.9 Å². The number of hydrogen-bond donors (Lipinski definition) is 2. The number of carbonyl (C=O) groups is 1. The first-order valence-corrected chi connectivity index (χ1v) is 8.59. The van der Waals surface area contributed by atoms with Crippen LogP contribution in [0.3, 0.4) is 0 Å². The zero-order valence-corrected chi connectivity index (χ0v) is 13.6. The molecule has 1 fully saturated rings. The summed E-state index contributed by atoms with van der Waals surface area (Å²) in [6.07, 6.45) is 12.2. The molecule has 0 saturated carbocycles. The fraction of sp³-hybridized carbons (Fsp3) is 0.368. The second-order valence-electron chi connectivity index (χ2n) is 6.63. The first-order valence-electron chi connectivity index (χ1n) is 8.59. The van der Waals surface area contributed by atoms with Gasteiger partial charge in [0.15, 0.2) is 0 Å². The van der Waals surface area contributed by atoms with Crippen molar-refractivity contribution in [3.05, 3.63) is 53.8 Å². The van der Waals surface area contributed by atoms with Gasteiger partial charge in [-0.05, 0) is 43.4 Å². The number of allylic oxidation sites excluding steroid dienone is 3. The number of nitrogens with two attached hydrogens (primary N) is 1. The van der Waals surface area contributed by atoms with Gasteiger partial charge in [0.05, 0.1) is 11.6 Å². The summed E-state index contributed by atoms with van der Waals surface area (Å²) in [7, 11) is 0. The van der Waals surface area contributed by atoms with Crippen molar-refractivity contribution in [2.24, 2.45) is 11.7 Å². The van der Waals surface area contributed by atoms with Gasteiger partial charge in [0, 0.05) is 18.1 Å². The summed E-state index contributed by atoms with van der Waals surface area (Å²) >= 11 is 0. The van der Waals surface area contributed by atoms with E-state index >= 15 is 0 Å². The van der Waals surface area contributed by atoms with Crippen LogP contribution in [0.25, 0.3) is 10.9 Å². The lowest BCUT2D eigenvalue weighted by atomic mass is 9.87. The Bertz CT molecular complexity index is 827. The molecule has 1 aromatic heterocycles. The molecule has 1 amide bonds. The Morgan fingerprint density at radius 1 is 1.38 bits per heavy atom. The van der Waals surface area contributed by atoms with E-state index in [0.29, 0.717) is 17.0 Å². The summed E-state index contributed by atoms with van der Waals surface area (Å²) in [4.78, 5) is 11.6. The molecule has 1 saturated heterocycles. The van der Waals surface area contributed by atoms with Gasteiger partial charge in [0.1, 0.15) is 5.52 Å². The van der Waals surface area contributed by atoms with Gasteiger partial charge in [-0.1, -0.05) is 30.4 Å². The van der Waals surface area contributed by atoms with Crippen LogP contribution in [-0.2, 0) is 0 Å². The minimum absolute atomic E-state index is 0.193. The highest BCUT2D eigenvalue weighted by Gasteiger charge is 2.20. The Kier molecular flexibility index (Phi) is 3.94. The first-order chi connectivity index (χ1) is 11.7. The highest BCUT2D eigenvalue weighted by molar-refractivity contribution is 6.04. The van der Waals surface area contributed by atoms with Gasteiger partial charge in [0.2, 0.25) is 0 Å². The average Bonchev–Trinajstić information content (AvgIpc) is 3.06. The third-order valence-electron chi connectivity index (χ3n) is 5.03.